The fourth-order valence-corrected chi connectivity index (χ4v) is 1.92. The van der Waals surface area contributed by atoms with Gasteiger partial charge >= 0.3 is 0 Å². The Hall–Kier alpha value is -0.820. The SMILES string of the molecule is Nc1c(I)cnn1Cc1ccc(F)c(Cl)c1. The van der Waals surface area contributed by atoms with Gasteiger partial charge in [0.25, 0.3) is 0 Å². The van der Waals surface area contributed by atoms with Gasteiger partial charge in [0, 0.05) is 0 Å². The lowest BCUT2D eigenvalue weighted by Crippen LogP contribution is -2.06. The molecule has 1 heterocycles. The lowest BCUT2D eigenvalue weighted by Gasteiger charge is -2.05. The van der Waals surface area contributed by atoms with Crippen LogP contribution in [0.1, 0.15) is 5.56 Å². The number of nitrogen functional groups attached to an aromatic ring is 1. The van der Waals surface area contributed by atoms with Gasteiger partial charge in [0.2, 0.25) is 0 Å². The zero-order valence-corrected chi connectivity index (χ0v) is 11.0. The summed E-state index contributed by atoms with van der Waals surface area (Å²) in [6, 6.07) is 4.57. The average Bonchev–Trinajstić information content (AvgIpc) is 2.55. The predicted octanol–water partition coefficient (Wildman–Crippen LogP) is 2.91. The second-order valence-electron chi connectivity index (χ2n) is 3.28. The molecule has 0 aliphatic rings. The first kappa shape index (κ1) is 11.7. The lowest BCUT2D eigenvalue weighted by molar-refractivity contribution is 0.625. The van der Waals surface area contributed by atoms with Crippen molar-refractivity contribution < 1.29 is 4.39 Å². The van der Waals surface area contributed by atoms with E-state index in [0.29, 0.717) is 12.4 Å². The molecule has 0 fully saturated rings. The maximum Gasteiger partial charge on any atom is 0.141 e. The molecule has 2 N–H and O–H groups in total. The van der Waals surface area contributed by atoms with Gasteiger partial charge in [-0.3, -0.25) is 0 Å². The van der Waals surface area contributed by atoms with Crippen molar-refractivity contribution in [1.29, 1.82) is 0 Å². The molecule has 1 aromatic carbocycles. The van der Waals surface area contributed by atoms with Gasteiger partial charge < -0.3 is 5.73 Å². The van der Waals surface area contributed by atoms with Gasteiger partial charge in [0.05, 0.1) is 21.3 Å². The summed E-state index contributed by atoms with van der Waals surface area (Å²) in [7, 11) is 0. The number of benzene rings is 1. The standard InChI is InChI=1S/C10H8ClFIN3/c11-7-3-6(1-2-8(7)12)5-16-10(14)9(13)4-15-16/h1-4H,5,14H2. The molecular weight excluding hydrogens is 343 g/mol. The van der Waals surface area contributed by atoms with Crippen LogP contribution in [0.5, 0.6) is 0 Å². The highest BCUT2D eigenvalue weighted by Crippen LogP contribution is 2.19. The van der Waals surface area contributed by atoms with Crippen LogP contribution in [0.25, 0.3) is 0 Å². The Bertz CT molecular complexity index is 527. The second kappa shape index (κ2) is 4.58. The van der Waals surface area contributed by atoms with Crippen LogP contribution in [0.2, 0.25) is 5.02 Å². The third-order valence-electron chi connectivity index (χ3n) is 2.15. The molecule has 0 saturated heterocycles. The van der Waals surface area contributed by atoms with Gasteiger partial charge in [-0.2, -0.15) is 5.10 Å². The normalized spacial score (nSPS) is 10.7. The summed E-state index contributed by atoms with van der Waals surface area (Å²) in [6.45, 7) is 0.481. The number of nitrogens with two attached hydrogens (primary N) is 1. The number of anilines is 1. The predicted molar refractivity (Wildman–Crippen MR) is 69.9 cm³/mol. The molecule has 0 atom stereocenters. The van der Waals surface area contributed by atoms with Crippen LogP contribution < -0.4 is 5.73 Å². The van der Waals surface area contributed by atoms with Gasteiger partial charge in [0.15, 0.2) is 0 Å². The number of rotatable bonds is 2. The second-order valence-corrected chi connectivity index (χ2v) is 4.85. The van der Waals surface area contributed by atoms with Gasteiger partial charge in [-0.1, -0.05) is 17.7 Å². The summed E-state index contributed by atoms with van der Waals surface area (Å²) in [5.74, 6) is 0.175. The summed E-state index contributed by atoms with van der Waals surface area (Å²) in [5.41, 5.74) is 6.66. The fraction of sp³-hybridized carbons (Fsp3) is 0.100. The Morgan fingerprint density at radius 1 is 1.50 bits per heavy atom. The summed E-state index contributed by atoms with van der Waals surface area (Å²) in [4.78, 5) is 0. The first-order chi connectivity index (χ1) is 7.58. The Morgan fingerprint density at radius 3 is 2.81 bits per heavy atom. The number of aromatic nitrogens is 2. The van der Waals surface area contributed by atoms with Crippen molar-refractivity contribution in [2.75, 3.05) is 5.73 Å². The highest BCUT2D eigenvalue weighted by molar-refractivity contribution is 14.1. The molecule has 0 aliphatic heterocycles. The average molecular weight is 352 g/mol. The van der Waals surface area contributed by atoms with Crippen molar-refractivity contribution in [2.24, 2.45) is 0 Å². The number of hydrogen-bond donors (Lipinski definition) is 1. The number of hydrogen-bond acceptors (Lipinski definition) is 2. The molecule has 1 aromatic heterocycles. The van der Waals surface area contributed by atoms with E-state index in [-0.39, 0.29) is 5.02 Å². The van der Waals surface area contributed by atoms with Crippen molar-refractivity contribution in [3.8, 4) is 0 Å². The maximum atomic E-state index is 12.9. The number of halogens is 3. The van der Waals surface area contributed by atoms with E-state index in [9.17, 15) is 4.39 Å². The molecular formula is C10H8ClFIN3. The van der Waals surface area contributed by atoms with E-state index in [1.54, 1.807) is 23.0 Å². The molecule has 0 saturated carbocycles. The molecule has 0 radical (unpaired) electrons. The summed E-state index contributed by atoms with van der Waals surface area (Å²) in [6.07, 6.45) is 1.68. The van der Waals surface area contributed by atoms with Crippen LogP contribution in [-0.2, 0) is 6.54 Å². The van der Waals surface area contributed by atoms with Crippen LogP contribution in [0, 0.1) is 9.39 Å². The van der Waals surface area contributed by atoms with Gasteiger partial charge in [-0.05, 0) is 40.3 Å². The van der Waals surface area contributed by atoms with Gasteiger partial charge in [0.1, 0.15) is 11.6 Å². The van der Waals surface area contributed by atoms with E-state index < -0.39 is 5.82 Å². The molecule has 2 aromatic rings. The summed E-state index contributed by atoms with van der Waals surface area (Å²) < 4.78 is 15.5. The van der Waals surface area contributed by atoms with Crippen molar-refractivity contribution in [2.45, 2.75) is 6.54 Å². The van der Waals surface area contributed by atoms with Crippen LogP contribution in [0.4, 0.5) is 10.2 Å². The van der Waals surface area contributed by atoms with E-state index in [1.165, 1.54) is 6.07 Å². The van der Waals surface area contributed by atoms with Crippen LogP contribution in [0.15, 0.2) is 24.4 Å². The van der Waals surface area contributed by atoms with Crippen LogP contribution in [0.3, 0.4) is 0 Å². The van der Waals surface area contributed by atoms with E-state index in [4.69, 9.17) is 17.3 Å². The Labute approximate surface area is 111 Å². The Morgan fingerprint density at radius 2 is 2.25 bits per heavy atom. The molecule has 6 heteroatoms. The molecule has 3 nitrogen and oxygen atoms in total. The topological polar surface area (TPSA) is 43.8 Å². The van der Waals surface area contributed by atoms with Gasteiger partial charge in [-0.15, -0.1) is 0 Å². The van der Waals surface area contributed by atoms with E-state index in [2.05, 4.69) is 27.7 Å². The molecule has 0 bridgehead atoms. The minimum Gasteiger partial charge on any atom is -0.383 e. The molecule has 84 valence electrons. The van der Waals surface area contributed by atoms with E-state index in [1.807, 2.05) is 0 Å². The fourth-order valence-electron chi connectivity index (χ4n) is 1.31. The molecule has 0 amide bonds. The third kappa shape index (κ3) is 2.30. The Kier molecular flexibility index (Phi) is 3.34. The smallest absolute Gasteiger partial charge is 0.141 e. The van der Waals surface area contributed by atoms with Gasteiger partial charge in [-0.25, -0.2) is 9.07 Å². The van der Waals surface area contributed by atoms with Crippen molar-refractivity contribution >= 4 is 40.0 Å². The highest BCUT2D eigenvalue weighted by Gasteiger charge is 2.06. The lowest BCUT2D eigenvalue weighted by atomic mass is 10.2. The van der Waals surface area contributed by atoms with Crippen molar-refractivity contribution in [1.82, 2.24) is 9.78 Å². The molecule has 0 aliphatic carbocycles. The van der Waals surface area contributed by atoms with Crippen LogP contribution >= 0.6 is 34.2 Å². The maximum absolute atomic E-state index is 12.9. The summed E-state index contributed by atoms with van der Waals surface area (Å²) >= 11 is 7.79. The largest absolute Gasteiger partial charge is 0.383 e. The minimum absolute atomic E-state index is 0.109. The summed E-state index contributed by atoms with van der Waals surface area (Å²) in [5, 5.41) is 4.22. The highest BCUT2D eigenvalue weighted by atomic mass is 127. The van der Waals surface area contributed by atoms with Crippen molar-refractivity contribution in [3.05, 3.63) is 44.4 Å². The number of nitrogens with zero attached hydrogens (tertiary/aromatic N) is 2. The first-order valence-corrected chi connectivity index (χ1v) is 5.94. The molecule has 2 rings (SSSR count). The zero-order valence-electron chi connectivity index (χ0n) is 8.12. The molecule has 16 heavy (non-hydrogen) atoms. The Balaban J connectivity index is 2.27. The molecule has 0 unspecified atom stereocenters. The minimum atomic E-state index is -0.423. The monoisotopic (exact) mass is 351 g/mol. The van der Waals surface area contributed by atoms with Crippen molar-refractivity contribution in [3.63, 3.8) is 0 Å². The first-order valence-electron chi connectivity index (χ1n) is 4.48. The van der Waals surface area contributed by atoms with E-state index >= 15 is 0 Å². The van der Waals surface area contributed by atoms with E-state index in [0.717, 1.165) is 9.13 Å². The zero-order chi connectivity index (χ0) is 11.7. The molecule has 0 spiro atoms. The van der Waals surface area contributed by atoms with Crippen LogP contribution in [-0.4, -0.2) is 9.78 Å². The quantitative estimate of drug-likeness (QED) is 0.846. The third-order valence-corrected chi connectivity index (χ3v) is 3.27.